The van der Waals surface area contributed by atoms with Crippen molar-refractivity contribution in [3.8, 4) is 11.4 Å². The molecule has 0 spiro atoms. The predicted octanol–water partition coefficient (Wildman–Crippen LogP) is 3.15. The molecule has 118 valence electrons. The van der Waals surface area contributed by atoms with Gasteiger partial charge in [0.2, 0.25) is 5.82 Å². The number of nitrogens with one attached hydrogen (secondary N) is 2. The lowest BCUT2D eigenvalue weighted by Crippen LogP contribution is -2.23. The molecule has 1 amide bonds. The Labute approximate surface area is 137 Å². The van der Waals surface area contributed by atoms with Crippen LogP contribution in [0, 0.1) is 0 Å². The van der Waals surface area contributed by atoms with Crippen LogP contribution < -0.4 is 5.32 Å². The first kappa shape index (κ1) is 14.2. The molecule has 24 heavy (non-hydrogen) atoms. The molecule has 4 aromatic rings. The zero-order chi connectivity index (χ0) is 16.4. The minimum Gasteiger partial charge on any atom is -0.361 e. The number of benzene rings is 2. The van der Waals surface area contributed by atoms with Crippen molar-refractivity contribution >= 4 is 16.8 Å². The van der Waals surface area contributed by atoms with Gasteiger partial charge in [-0.15, -0.1) is 0 Å². The Morgan fingerprint density at radius 1 is 1.12 bits per heavy atom. The summed E-state index contributed by atoms with van der Waals surface area (Å²) in [5, 5.41) is 7.76. The third kappa shape index (κ3) is 2.77. The number of fused-ring (bicyclic) bond motifs is 1. The Balaban J connectivity index is 1.50. The van der Waals surface area contributed by atoms with E-state index in [0.29, 0.717) is 12.4 Å². The van der Waals surface area contributed by atoms with Crippen LogP contribution in [0.5, 0.6) is 0 Å². The van der Waals surface area contributed by atoms with Gasteiger partial charge in [-0.05, 0) is 23.1 Å². The van der Waals surface area contributed by atoms with E-state index < -0.39 is 5.91 Å². The number of amides is 1. The van der Waals surface area contributed by atoms with Crippen LogP contribution in [-0.2, 0) is 6.54 Å². The van der Waals surface area contributed by atoms with Gasteiger partial charge >= 0.3 is 11.8 Å². The summed E-state index contributed by atoms with van der Waals surface area (Å²) in [5.41, 5.74) is 2.77. The summed E-state index contributed by atoms with van der Waals surface area (Å²) in [6.07, 6.45) is 1.87. The summed E-state index contributed by atoms with van der Waals surface area (Å²) in [7, 11) is 0. The standard InChI is InChI=1S/C18H14N4O2/c23-17(20-11-12-4-2-1-3-5-12)18-21-16(22-24-18)14-7-6-13-8-9-19-15(13)10-14/h1-10,19H,11H2,(H,20,23). The van der Waals surface area contributed by atoms with Crippen molar-refractivity contribution in [2.24, 2.45) is 0 Å². The fourth-order valence-electron chi connectivity index (χ4n) is 2.47. The van der Waals surface area contributed by atoms with Crippen LogP contribution in [0.3, 0.4) is 0 Å². The maximum absolute atomic E-state index is 12.1. The Kier molecular flexibility index (Phi) is 3.55. The number of hydrogen-bond donors (Lipinski definition) is 2. The third-order valence-electron chi connectivity index (χ3n) is 3.73. The van der Waals surface area contributed by atoms with Crippen LogP contribution in [0.2, 0.25) is 0 Å². The Bertz CT molecular complexity index is 988. The Hall–Kier alpha value is -3.41. The molecule has 0 aliphatic carbocycles. The van der Waals surface area contributed by atoms with E-state index in [1.807, 2.05) is 60.8 Å². The molecule has 0 fully saturated rings. The van der Waals surface area contributed by atoms with Crippen LogP contribution in [0.25, 0.3) is 22.3 Å². The van der Waals surface area contributed by atoms with Crippen LogP contribution >= 0.6 is 0 Å². The lowest BCUT2D eigenvalue weighted by atomic mass is 10.1. The van der Waals surface area contributed by atoms with Crippen LogP contribution in [0.4, 0.5) is 0 Å². The van der Waals surface area contributed by atoms with Gasteiger partial charge in [0.1, 0.15) is 0 Å². The molecule has 0 saturated heterocycles. The number of H-pyrrole nitrogens is 1. The van der Waals surface area contributed by atoms with Crippen molar-refractivity contribution in [3.05, 3.63) is 72.2 Å². The average Bonchev–Trinajstić information content (AvgIpc) is 3.29. The van der Waals surface area contributed by atoms with Gasteiger partial charge in [-0.2, -0.15) is 4.98 Å². The van der Waals surface area contributed by atoms with E-state index in [1.54, 1.807) is 0 Å². The summed E-state index contributed by atoms with van der Waals surface area (Å²) in [5.74, 6) is -0.0533. The molecule has 0 atom stereocenters. The summed E-state index contributed by atoms with van der Waals surface area (Å²) in [4.78, 5) is 19.4. The van der Waals surface area contributed by atoms with Gasteiger partial charge in [-0.25, -0.2) is 0 Å². The largest absolute Gasteiger partial charge is 0.361 e. The van der Waals surface area contributed by atoms with Crippen molar-refractivity contribution in [1.82, 2.24) is 20.4 Å². The van der Waals surface area contributed by atoms with Crippen molar-refractivity contribution in [3.63, 3.8) is 0 Å². The highest BCUT2D eigenvalue weighted by Gasteiger charge is 2.16. The molecule has 4 rings (SSSR count). The van der Waals surface area contributed by atoms with Crippen LogP contribution in [-0.4, -0.2) is 21.0 Å². The normalized spacial score (nSPS) is 10.8. The first-order valence-electron chi connectivity index (χ1n) is 7.53. The van der Waals surface area contributed by atoms with Crippen molar-refractivity contribution in [1.29, 1.82) is 0 Å². The molecule has 6 nitrogen and oxygen atoms in total. The number of carbonyl (C=O) groups is 1. The number of rotatable bonds is 4. The van der Waals surface area contributed by atoms with E-state index in [9.17, 15) is 4.79 Å². The molecule has 0 bridgehead atoms. The Morgan fingerprint density at radius 3 is 2.88 bits per heavy atom. The molecule has 2 aromatic heterocycles. The first-order chi connectivity index (χ1) is 11.8. The van der Waals surface area contributed by atoms with E-state index in [4.69, 9.17) is 4.52 Å². The van der Waals surface area contributed by atoms with Gasteiger partial charge in [0.25, 0.3) is 0 Å². The highest BCUT2D eigenvalue weighted by atomic mass is 16.5. The number of nitrogens with zero attached hydrogens (tertiary/aromatic N) is 2. The fourth-order valence-corrected chi connectivity index (χ4v) is 2.47. The Morgan fingerprint density at radius 2 is 2.00 bits per heavy atom. The minimum atomic E-state index is -0.390. The molecular formula is C18H14N4O2. The van der Waals surface area contributed by atoms with Gasteiger partial charge in [0.15, 0.2) is 0 Å². The SMILES string of the molecule is O=C(NCc1ccccc1)c1nc(-c2ccc3cc[nH]c3c2)no1. The molecule has 0 aliphatic heterocycles. The summed E-state index contributed by atoms with van der Waals surface area (Å²) in [6, 6.07) is 17.4. The fraction of sp³-hybridized carbons (Fsp3) is 0.0556. The van der Waals surface area contributed by atoms with Gasteiger partial charge in [0.05, 0.1) is 0 Å². The molecule has 0 unspecified atom stereocenters. The van der Waals surface area contributed by atoms with E-state index >= 15 is 0 Å². The molecule has 2 heterocycles. The number of aromatic amines is 1. The van der Waals surface area contributed by atoms with E-state index in [0.717, 1.165) is 22.0 Å². The predicted molar refractivity (Wildman–Crippen MR) is 89.2 cm³/mol. The van der Waals surface area contributed by atoms with Gasteiger partial charge in [0, 0.05) is 23.8 Å². The van der Waals surface area contributed by atoms with Crippen molar-refractivity contribution in [2.75, 3.05) is 0 Å². The maximum atomic E-state index is 12.1. The highest BCUT2D eigenvalue weighted by molar-refractivity contribution is 5.90. The van der Waals surface area contributed by atoms with E-state index in [1.165, 1.54) is 0 Å². The second-order valence-electron chi connectivity index (χ2n) is 5.37. The van der Waals surface area contributed by atoms with Gasteiger partial charge in [-0.1, -0.05) is 47.6 Å². The zero-order valence-electron chi connectivity index (χ0n) is 12.7. The molecule has 6 heteroatoms. The van der Waals surface area contributed by atoms with Crippen molar-refractivity contribution < 1.29 is 9.32 Å². The quantitative estimate of drug-likeness (QED) is 0.605. The minimum absolute atomic E-state index is 0.0486. The highest BCUT2D eigenvalue weighted by Crippen LogP contribution is 2.21. The van der Waals surface area contributed by atoms with Gasteiger partial charge < -0.3 is 14.8 Å². The topological polar surface area (TPSA) is 83.8 Å². The zero-order valence-corrected chi connectivity index (χ0v) is 12.7. The molecule has 0 aliphatic rings. The van der Waals surface area contributed by atoms with Crippen molar-refractivity contribution in [2.45, 2.75) is 6.54 Å². The number of aromatic nitrogens is 3. The van der Waals surface area contributed by atoms with Crippen LogP contribution in [0.15, 0.2) is 65.3 Å². The molecule has 2 aromatic carbocycles. The lowest BCUT2D eigenvalue weighted by molar-refractivity contribution is 0.0907. The smallest absolute Gasteiger partial charge is 0.316 e. The second-order valence-corrected chi connectivity index (χ2v) is 5.37. The van der Waals surface area contributed by atoms with Crippen LogP contribution in [0.1, 0.15) is 16.2 Å². The molecule has 2 N–H and O–H groups in total. The monoisotopic (exact) mass is 318 g/mol. The van der Waals surface area contributed by atoms with E-state index in [-0.39, 0.29) is 5.89 Å². The van der Waals surface area contributed by atoms with Gasteiger partial charge in [-0.3, -0.25) is 4.79 Å². The third-order valence-corrected chi connectivity index (χ3v) is 3.73. The maximum Gasteiger partial charge on any atom is 0.316 e. The molecular weight excluding hydrogens is 304 g/mol. The first-order valence-corrected chi connectivity index (χ1v) is 7.53. The van der Waals surface area contributed by atoms with E-state index in [2.05, 4.69) is 20.4 Å². The number of hydrogen-bond acceptors (Lipinski definition) is 4. The summed E-state index contributed by atoms with van der Waals surface area (Å²) >= 11 is 0. The summed E-state index contributed by atoms with van der Waals surface area (Å²) in [6.45, 7) is 0.409. The second kappa shape index (κ2) is 6.00. The number of carbonyl (C=O) groups excluding carboxylic acids is 1. The average molecular weight is 318 g/mol. The summed E-state index contributed by atoms with van der Waals surface area (Å²) < 4.78 is 5.08. The molecule has 0 radical (unpaired) electrons. The molecule has 0 saturated carbocycles. The lowest BCUT2D eigenvalue weighted by Gasteiger charge is -2.01.